The van der Waals surface area contributed by atoms with Crippen molar-refractivity contribution in [3.63, 3.8) is 0 Å². The second-order valence-electron chi connectivity index (χ2n) is 5.90. The van der Waals surface area contributed by atoms with E-state index in [0.717, 1.165) is 30.7 Å². The minimum Gasteiger partial charge on any atom is -0.493 e. The normalized spacial score (nSPS) is 20.1. The van der Waals surface area contributed by atoms with Crippen molar-refractivity contribution in [2.45, 2.75) is 31.7 Å². The minimum absolute atomic E-state index is 0.146. The van der Waals surface area contributed by atoms with Crippen LogP contribution in [0.2, 0.25) is 0 Å². The maximum absolute atomic E-state index is 11.5. The molecule has 0 aromatic heterocycles. The highest BCUT2D eigenvalue weighted by Crippen LogP contribution is 2.44. The standard InChI is InChI=1S/C16H21N3O3/c1-10(17)16(21)18-6-4-11-8-19(9-20)13-2-3-14-12(15(11)13)5-7-22-14/h2-3,9-11H,4-8,17H2,1H3,(H,18,21). The van der Waals surface area contributed by atoms with Gasteiger partial charge in [0.1, 0.15) is 5.75 Å². The second kappa shape index (κ2) is 5.96. The predicted octanol–water partition coefficient (Wildman–Crippen LogP) is 0.535. The maximum Gasteiger partial charge on any atom is 0.236 e. The summed E-state index contributed by atoms with van der Waals surface area (Å²) >= 11 is 0. The molecule has 2 unspecified atom stereocenters. The Morgan fingerprint density at radius 2 is 2.41 bits per heavy atom. The van der Waals surface area contributed by atoms with Gasteiger partial charge in [-0.2, -0.15) is 0 Å². The summed E-state index contributed by atoms with van der Waals surface area (Å²) < 4.78 is 5.62. The van der Waals surface area contributed by atoms with Gasteiger partial charge in [0.25, 0.3) is 0 Å². The summed E-state index contributed by atoms with van der Waals surface area (Å²) in [6.07, 6.45) is 2.54. The molecule has 0 fully saturated rings. The smallest absolute Gasteiger partial charge is 0.236 e. The van der Waals surface area contributed by atoms with Crippen LogP contribution in [0.1, 0.15) is 30.4 Å². The Kier molecular flexibility index (Phi) is 4.02. The predicted molar refractivity (Wildman–Crippen MR) is 83.1 cm³/mol. The van der Waals surface area contributed by atoms with Crippen LogP contribution in [0.5, 0.6) is 5.75 Å². The van der Waals surface area contributed by atoms with Crippen molar-refractivity contribution in [2.75, 3.05) is 24.6 Å². The van der Waals surface area contributed by atoms with Gasteiger partial charge in [-0.1, -0.05) is 0 Å². The number of hydrogen-bond acceptors (Lipinski definition) is 4. The molecule has 6 heteroatoms. The Balaban J connectivity index is 1.77. The number of hydrogen-bond donors (Lipinski definition) is 2. The van der Waals surface area contributed by atoms with Crippen molar-refractivity contribution in [1.82, 2.24) is 5.32 Å². The zero-order valence-corrected chi connectivity index (χ0v) is 12.7. The Hall–Kier alpha value is -2.08. The van der Waals surface area contributed by atoms with Crippen molar-refractivity contribution >= 4 is 18.0 Å². The van der Waals surface area contributed by atoms with Crippen LogP contribution in [0, 0.1) is 0 Å². The van der Waals surface area contributed by atoms with E-state index in [4.69, 9.17) is 10.5 Å². The molecule has 118 valence electrons. The molecule has 22 heavy (non-hydrogen) atoms. The molecule has 0 saturated carbocycles. The summed E-state index contributed by atoms with van der Waals surface area (Å²) in [5.74, 6) is 1.01. The number of carbonyl (C=O) groups excluding carboxylic acids is 2. The number of amides is 2. The zero-order valence-electron chi connectivity index (χ0n) is 12.7. The van der Waals surface area contributed by atoms with Crippen LogP contribution in [-0.4, -0.2) is 38.1 Å². The molecular formula is C16H21N3O3. The molecule has 0 aliphatic carbocycles. The number of benzene rings is 1. The van der Waals surface area contributed by atoms with Gasteiger partial charge < -0.3 is 20.7 Å². The van der Waals surface area contributed by atoms with E-state index in [1.807, 2.05) is 12.1 Å². The molecule has 3 rings (SSSR count). The van der Waals surface area contributed by atoms with Crippen LogP contribution in [0.4, 0.5) is 5.69 Å². The highest BCUT2D eigenvalue weighted by molar-refractivity contribution is 5.83. The van der Waals surface area contributed by atoms with Crippen molar-refractivity contribution in [2.24, 2.45) is 5.73 Å². The van der Waals surface area contributed by atoms with Crippen molar-refractivity contribution < 1.29 is 14.3 Å². The van der Waals surface area contributed by atoms with Crippen LogP contribution in [-0.2, 0) is 16.0 Å². The summed E-state index contributed by atoms with van der Waals surface area (Å²) in [6.45, 7) is 3.57. The average Bonchev–Trinajstić information content (AvgIpc) is 3.10. The van der Waals surface area contributed by atoms with Gasteiger partial charge in [0.15, 0.2) is 0 Å². The van der Waals surface area contributed by atoms with Gasteiger partial charge in [-0.3, -0.25) is 9.59 Å². The molecular weight excluding hydrogens is 282 g/mol. The van der Waals surface area contributed by atoms with Crippen LogP contribution in [0.3, 0.4) is 0 Å². The maximum atomic E-state index is 11.5. The lowest BCUT2D eigenvalue weighted by Gasteiger charge is -2.14. The van der Waals surface area contributed by atoms with E-state index in [1.165, 1.54) is 11.1 Å². The molecule has 1 aromatic carbocycles. The SMILES string of the molecule is CC(N)C(=O)NCCC1CN(C=O)c2ccc3c(c21)CCO3. The first-order valence-corrected chi connectivity index (χ1v) is 7.65. The fourth-order valence-corrected chi connectivity index (χ4v) is 3.29. The molecule has 0 radical (unpaired) electrons. The van der Waals surface area contributed by atoms with E-state index in [1.54, 1.807) is 11.8 Å². The number of nitrogens with one attached hydrogen (secondary N) is 1. The van der Waals surface area contributed by atoms with Crippen LogP contribution in [0.25, 0.3) is 0 Å². The molecule has 2 aliphatic rings. The Morgan fingerprint density at radius 1 is 1.59 bits per heavy atom. The zero-order chi connectivity index (χ0) is 15.7. The first-order valence-electron chi connectivity index (χ1n) is 7.65. The third kappa shape index (κ3) is 2.54. The van der Waals surface area contributed by atoms with Gasteiger partial charge in [-0.15, -0.1) is 0 Å². The first-order chi connectivity index (χ1) is 10.6. The van der Waals surface area contributed by atoms with Gasteiger partial charge in [0.05, 0.1) is 12.6 Å². The van der Waals surface area contributed by atoms with Gasteiger partial charge in [-0.25, -0.2) is 0 Å². The summed E-state index contributed by atoms with van der Waals surface area (Å²) in [6, 6.07) is 3.40. The summed E-state index contributed by atoms with van der Waals surface area (Å²) in [7, 11) is 0. The third-order valence-corrected chi connectivity index (χ3v) is 4.37. The minimum atomic E-state index is -0.500. The number of nitrogens with zero attached hydrogens (tertiary/aromatic N) is 1. The van der Waals surface area contributed by atoms with E-state index in [2.05, 4.69) is 5.32 Å². The third-order valence-electron chi connectivity index (χ3n) is 4.37. The molecule has 2 aliphatic heterocycles. The van der Waals surface area contributed by atoms with E-state index in [-0.39, 0.29) is 11.8 Å². The number of ether oxygens (including phenoxy) is 1. The number of anilines is 1. The molecule has 1 aromatic rings. The van der Waals surface area contributed by atoms with Crippen LogP contribution < -0.4 is 20.7 Å². The lowest BCUT2D eigenvalue weighted by atomic mass is 9.92. The average molecular weight is 303 g/mol. The fourth-order valence-electron chi connectivity index (χ4n) is 3.29. The van der Waals surface area contributed by atoms with Crippen molar-refractivity contribution in [3.8, 4) is 5.75 Å². The summed E-state index contributed by atoms with van der Waals surface area (Å²) in [4.78, 5) is 24.6. The molecule has 2 heterocycles. The fraction of sp³-hybridized carbons (Fsp3) is 0.500. The second-order valence-corrected chi connectivity index (χ2v) is 5.90. The lowest BCUT2D eigenvalue weighted by Crippen LogP contribution is -2.39. The van der Waals surface area contributed by atoms with Gasteiger partial charge in [0, 0.05) is 36.7 Å². The molecule has 0 bridgehead atoms. The molecule has 0 spiro atoms. The summed E-state index contributed by atoms with van der Waals surface area (Å²) in [5.41, 5.74) is 8.93. The number of carbonyl (C=O) groups is 2. The quantitative estimate of drug-likeness (QED) is 0.777. The number of fused-ring (bicyclic) bond motifs is 3. The summed E-state index contributed by atoms with van der Waals surface area (Å²) in [5, 5.41) is 2.84. The monoisotopic (exact) mass is 303 g/mol. The highest BCUT2D eigenvalue weighted by Gasteiger charge is 2.33. The lowest BCUT2D eigenvalue weighted by molar-refractivity contribution is -0.122. The van der Waals surface area contributed by atoms with E-state index < -0.39 is 6.04 Å². The molecule has 3 N–H and O–H groups in total. The van der Waals surface area contributed by atoms with E-state index in [9.17, 15) is 9.59 Å². The Morgan fingerprint density at radius 3 is 3.14 bits per heavy atom. The molecule has 2 amide bonds. The molecule has 6 nitrogen and oxygen atoms in total. The Bertz CT molecular complexity index is 601. The van der Waals surface area contributed by atoms with Crippen molar-refractivity contribution in [3.05, 3.63) is 23.3 Å². The number of nitrogens with two attached hydrogens (primary N) is 1. The number of rotatable bonds is 5. The topological polar surface area (TPSA) is 84.7 Å². The molecule has 0 saturated heterocycles. The van der Waals surface area contributed by atoms with Crippen LogP contribution >= 0.6 is 0 Å². The van der Waals surface area contributed by atoms with E-state index in [0.29, 0.717) is 19.7 Å². The van der Waals surface area contributed by atoms with Gasteiger partial charge in [-0.05, 0) is 31.0 Å². The van der Waals surface area contributed by atoms with Gasteiger partial charge >= 0.3 is 0 Å². The Labute approximate surface area is 129 Å². The highest BCUT2D eigenvalue weighted by atomic mass is 16.5. The van der Waals surface area contributed by atoms with Gasteiger partial charge in [0.2, 0.25) is 12.3 Å². The largest absolute Gasteiger partial charge is 0.493 e. The van der Waals surface area contributed by atoms with Crippen LogP contribution in [0.15, 0.2) is 12.1 Å². The first kappa shape index (κ1) is 14.8. The van der Waals surface area contributed by atoms with E-state index >= 15 is 0 Å². The van der Waals surface area contributed by atoms with Crippen molar-refractivity contribution in [1.29, 1.82) is 0 Å². The molecule has 2 atom stereocenters.